The first-order valence-electron chi connectivity index (χ1n) is 8.55. The first-order valence-corrected chi connectivity index (χ1v) is 8.55. The maximum Gasteiger partial charge on any atom is 0.273 e. The van der Waals surface area contributed by atoms with Crippen LogP contribution in [0.5, 0.6) is 0 Å². The average Bonchev–Trinajstić information content (AvgIpc) is 3.03. The van der Waals surface area contributed by atoms with Gasteiger partial charge in [0.2, 0.25) is 0 Å². The van der Waals surface area contributed by atoms with Crippen molar-refractivity contribution < 1.29 is 9.32 Å². The Kier molecular flexibility index (Phi) is 8.17. The van der Waals surface area contributed by atoms with Gasteiger partial charge in [-0.15, -0.1) is 0 Å². The molecule has 0 aliphatic rings. The van der Waals surface area contributed by atoms with Gasteiger partial charge in [0.05, 0.1) is 0 Å². The maximum absolute atomic E-state index is 12.2. The Balaban J connectivity index is 2.53. The van der Waals surface area contributed by atoms with E-state index in [0.717, 1.165) is 38.1 Å². The molecule has 22 heavy (non-hydrogen) atoms. The number of carbonyl (C=O) groups excluding carboxylic acids is 1. The molecule has 0 aliphatic carbocycles. The van der Waals surface area contributed by atoms with Crippen LogP contribution in [0.3, 0.4) is 0 Å². The summed E-state index contributed by atoms with van der Waals surface area (Å²) in [5, 5.41) is 10.4. The number of aromatic nitrogens is 1. The van der Waals surface area contributed by atoms with E-state index in [0.29, 0.717) is 12.2 Å². The van der Waals surface area contributed by atoms with Gasteiger partial charge in [-0.05, 0) is 31.2 Å². The van der Waals surface area contributed by atoms with Gasteiger partial charge in [-0.25, -0.2) is 0 Å². The topological polar surface area (TPSA) is 67.2 Å². The van der Waals surface area contributed by atoms with Crippen molar-refractivity contribution in [1.29, 1.82) is 0 Å². The maximum atomic E-state index is 12.2. The van der Waals surface area contributed by atoms with Crippen molar-refractivity contribution in [2.75, 3.05) is 19.6 Å². The second-order valence-corrected chi connectivity index (χ2v) is 5.95. The standard InChI is InChI=1S/C17H31N3O2/c1-5-9-10-18-12-17(7-3,8-4)13-19-16(21)15-11-14(6-2)22-20-15/h11,18H,5-10,12-13H2,1-4H3,(H,19,21). The van der Waals surface area contributed by atoms with Crippen molar-refractivity contribution in [2.45, 2.75) is 59.8 Å². The summed E-state index contributed by atoms with van der Waals surface area (Å²) in [4.78, 5) is 12.2. The Bertz CT molecular complexity index is 439. The zero-order chi connectivity index (χ0) is 16.4. The number of amides is 1. The Hall–Kier alpha value is -1.36. The molecular weight excluding hydrogens is 278 g/mol. The van der Waals surface area contributed by atoms with E-state index in [1.165, 1.54) is 12.8 Å². The summed E-state index contributed by atoms with van der Waals surface area (Å²) in [7, 11) is 0. The van der Waals surface area contributed by atoms with Crippen molar-refractivity contribution in [2.24, 2.45) is 5.41 Å². The van der Waals surface area contributed by atoms with Gasteiger partial charge >= 0.3 is 0 Å². The van der Waals surface area contributed by atoms with Gasteiger partial charge in [0.1, 0.15) is 5.76 Å². The van der Waals surface area contributed by atoms with Crippen molar-refractivity contribution in [3.8, 4) is 0 Å². The summed E-state index contributed by atoms with van der Waals surface area (Å²) < 4.78 is 5.09. The molecule has 0 aromatic carbocycles. The monoisotopic (exact) mass is 309 g/mol. The first kappa shape index (κ1) is 18.7. The fraction of sp³-hybridized carbons (Fsp3) is 0.765. The van der Waals surface area contributed by atoms with E-state index < -0.39 is 0 Å². The van der Waals surface area contributed by atoms with Gasteiger partial charge in [0, 0.05) is 25.6 Å². The molecule has 0 saturated carbocycles. The largest absolute Gasteiger partial charge is 0.361 e. The highest BCUT2D eigenvalue weighted by molar-refractivity contribution is 5.92. The molecule has 2 N–H and O–H groups in total. The Morgan fingerprint density at radius 2 is 1.95 bits per heavy atom. The summed E-state index contributed by atoms with van der Waals surface area (Å²) >= 11 is 0. The van der Waals surface area contributed by atoms with Crippen LogP contribution >= 0.6 is 0 Å². The van der Waals surface area contributed by atoms with Crippen molar-refractivity contribution >= 4 is 5.91 Å². The molecule has 0 saturated heterocycles. The summed E-state index contributed by atoms with van der Waals surface area (Å²) in [5.41, 5.74) is 0.470. The minimum Gasteiger partial charge on any atom is -0.361 e. The van der Waals surface area contributed by atoms with Crippen LogP contribution in [-0.2, 0) is 6.42 Å². The van der Waals surface area contributed by atoms with Gasteiger partial charge in [0.25, 0.3) is 5.91 Å². The Morgan fingerprint density at radius 1 is 1.23 bits per heavy atom. The number of hydrogen-bond donors (Lipinski definition) is 2. The molecule has 5 heteroatoms. The normalized spacial score (nSPS) is 11.6. The van der Waals surface area contributed by atoms with E-state index in [4.69, 9.17) is 4.52 Å². The Morgan fingerprint density at radius 3 is 2.50 bits per heavy atom. The first-order chi connectivity index (χ1) is 10.6. The number of nitrogens with one attached hydrogen (secondary N) is 2. The molecule has 1 aromatic rings. The van der Waals surface area contributed by atoms with Gasteiger partial charge in [-0.3, -0.25) is 4.79 Å². The van der Waals surface area contributed by atoms with Crippen LogP contribution in [0.1, 0.15) is 69.6 Å². The van der Waals surface area contributed by atoms with Crippen molar-refractivity contribution in [3.05, 3.63) is 17.5 Å². The molecule has 0 fully saturated rings. The summed E-state index contributed by atoms with van der Waals surface area (Å²) in [6, 6.07) is 1.72. The fourth-order valence-corrected chi connectivity index (χ4v) is 2.41. The van der Waals surface area contributed by atoms with Gasteiger partial charge < -0.3 is 15.2 Å². The number of rotatable bonds is 11. The van der Waals surface area contributed by atoms with Crippen LogP contribution in [0.25, 0.3) is 0 Å². The third kappa shape index (κ3) is 5.44. The third-order valence-electron chi connectivity index (χ3n) is 4.47. The molecule has 1 rings (SSSR count). The molecule has 0 atom stereocenters. The van der Waals surface area contributed by atoms with Crippen LogP contribution < -0.4 is 10.6 Å². The van der Waals surface area contributed by atoms with E-state index in [9.17, 15) is 4.79 Å². The molecule has 0 bridgehead atoms. The molecule has 0 unspecified atom stereocenters. The second-order valence-electron chi connectivity index (χ2n) is 5.95. The number of unbranched alkanes of at least 4 members (excludes halogenated alkanes) is 1. The molecule has 1 amide bonds. The van der Waals surface area contributed by atoms with Crippen molar-refractivity contribution in [3.63, 3.8) is 0 Å². The van der Waals surface area contributed by atoms with Crippen LogP contribution in [0, 0.1) is 5.41 Å². The number of nitrogens with zero attached hydrogens (tertiary/aromatic N) is 1. The summed E-state index contributed by atoms with van der Waals surface area (Å²) in [6.07, 6.45) is 5.19. The summed E-state index contributed by atoms with van der Waals surface area (Å²) in [6.45, 7) is 11.2. The molecule has 0 spiro atoms. The lowest BCUT2D eigenvalue weighted by molar-refractivity contribution is 0.0915. The van der Waals surface area contributed by atoms with Crippen LogP contribution in [0.2, 0.25) is 0 Å². The highest BCUT2D eigenvalue weighted by Gasteiger charge is 2.27. The van der Waals surface area contributed by atoms with Crippen molar-refractivity contribution in [1.82, 2.24) is 15.8 Å². The lowest BCUT2D eigenvalue weighted by atomic mass is 9.82. The van der Waals surface area contributed by atoms with Crippen LogP contribution in [-0.4, -0.2) is 30.7 Å². The van der Waals surface area contributed by atoms with Crippen LogP contribution in [0.15, 0.2) is 10.6 Å². The number of hydrogen-bond acceptors (Lipinski definition) is 4. The van der Waals surface area contributed by atoms with E-state index in [1.807, 2.05) is 6.92 Å². The minimum atomic E-state index is -0.150. The molecule has 0 aliphatic heterocycles. The van der Waals surface area contributed by atoms with Gasteiger partial charge in [-0.1, -0.05) is 39.3 Å². The van der Waals surface area contributed by atoms with E-state index in [1.54, 1.807) is 6.07 Å². The van der Waals surface area contributed by atoms with Gasteiger partial charge in [0.15, 0.2) is 5.69 Å². The predicted octanol–water partition coefficient (Wildman–Crippen LogP) is 3.16. The SMILES string of the molecule is CCCCNCC(CC)(CC)CNC(=O)c1cc(CC)on1. The molecule has 1 heterocycles. The van der Waals surface area contributed by atoms with E-state index >= 15 is 0 Å². The predicted molar refractivity (Wildman–Crippen MR) is 89.0 cm³/mol. The molecule has 126 valence electrons. The minimum absolute atomic E-state index is 0.0979. The fourth-order valence-electron chi connectivity index (χ4n) is 2.41. The molecular formula is C17H31N3O2. The lowest BCUT2D eigenvalue weighted by Gasteiger charge is -2.32. The molecule has 1 aromatic heterocycles. The highest BCUT2D eigenvalue weighted by atomic mass is 16.5. The molecule has 0 radical (unpaired) electrons. The molecule has 5 nitrogen and oxygen atoms in total. The number of aryl methyl sites for hydroxylation is 1. The zero-order valence-electron chi connectivity index (χ0n) is 14.5. The zero-order valence-corrected chi connectivity index (χ0v) is 14.5. The quantitative estimate of drug-likeness (QED) is 0.616. The lowest BCUT2D eigenvalue weighted by Crippen LogP contribution is -2.43. The van der Waals surface area contributed by atoms with Gasteiger partial charge in [-0.2, -0.15) is 0 Å². The average molecular weight is 309 g/mol. The van der Waals surface area contributed by atoms with Crippen LogP contribution in [0.4, 0.5) is 0 Å². The Labute approximate surface area is 134 Å². The third-order valence-corrected chi connectivity index (χ3v) is 4.47. The van der Waals surface area contributed by atoms with E-state index in [2.05, 4.69) is 36.6 Å². The smallest absolute Gasteiger partial charge is 0.273 e. The second kappa shape index (κ2) is 9.62. The summed E-state index contributed by atoms with van der Waals surface area (Å²) in [5.74, 6) is 0.590. The van der Waals surface area contributed by atoms with E-state index in [-0.39, 0.29) is 11.3 Å². The number of carbonyl (C=O) groups is 1. The highest BCUT2D eigenvalue weighted by Crippen LogP contribution is 2.24.